The molecule has 1 aliphatic heterocycles. The first-order valence-corrected chi connectivity index (χ1v) is 3.62. The Bertz CT molecular complexity index is 184. The lowest BCUT2D eigenvalue weighted by Crippen LogP contribution is -2.58. The van der Waals surface area contributed by atoms with E-state index < -0.39 is 18.0 Å². The third-order valence-electron chi connectivity index (χ3n) is 1.82. The molecule has 1 heterocycles. The smallest absolute Gasteiger partial charge is 0.408 e. The Hall–Kier alpha value is -1.30. The van der Waals surface area contributed by atoms with Gasteiger partial charge in [0.2, 0.25) is 5.91 Å². The van der Waals surface area contributed by atoms with Crippen LogP contribution in [0.4, 0.5) is 4.79 Å². The number of amides is 2. The summed E-state index contributed by atoms with van der Waals surface area (Å²) in [6.45, 7) is 1.18. The minimum atomic E-state index is -1.10. The summed E-state index contributed by atoms with van der Waals surface area (Å²) in [5.74, 6) is -0.607. The van der Waals surface area contributed by atoms with E-state index >= 15 is 0 Å². The van der Waals surface area contributed by atoms with E-state index in [9.17, 15) is 9.59 Å². The molecule has 1 fully saturated rings. The predicted octanol–water partition coefficient (Wildman–Crippen LogP) is -1.58. The third-order valence-corrected chi connectivity index (χ3v) is 1.82. The van der Waals surface area contributed by atoms with Gasteiger partial charge in [0.05, 0.1) is 0 Å². The van der Waals surface area contributed by atoms with Crippen LogP contribution < -0.4 is 11.1 Å². The summed E-state index contributed by atoms with van der Waals surface area (Å²) >= 11 is 0. The van der Waals surface area contributed by atoms with Gasteiger partial charge in [-0.05, 0) is 0 Å². The summed E-state index contributed by atoms with van der Waals surface area (Å²) in [6, 6.07) is -0.726. The van der Waals surface area contributed by atoms with Crippen molar-refractivity contribution < 1.29 is 14.7 Å². The molecule has 2 amide bonds. The fourth-order valence-corrected chi connectivity index (χ4v) is 1.19. The lowest BCUT2D eigenvalue weighted by atomic mass is 10.2. The maximum atomic E-state index is 10.7. The molecule has 0 aromatic carbocycles. The summed E-state index contributed by atoms with van der Waals surface area (Å²) in [7, 11) is 0. The monoisotopic (exact) mass is 173 g/mol. The first kappa shape index (κ1) is 8.79. The molecule has 6 heteroatoms. The molecular formula is C6H11N3O3. The van der Waals surface area contributed by atoms with Crippen LogP contribution in [0.15, 0.2) is 0 Å². The van der Waals surface area contributed by atoms with Crippen LogP contribution in [-0.2, 0) is 4.79 Å². The highest BCUT2D eigenvalue weighted by Gasteiger charge is 2.29. The molecular weight excluding hydrogens is 162 g/mol. The van der Waals surface area contributed by atoms with Crippen molar-refractivity contribution in [1.82, 2.24) is 10.2 Å². The second kappa shape index (κ2) is 3.40. The van der Waals surface area contributed by atoms with Crippen LogP contribution in [0.2, 0.25) is 0 Å². The van der Waals surface area contributed by atoms with Gasteiger partial charge in [-0.1, -0.05) is 0 Å². The number of rotatable bonds is 1. The number of nitrogens with one attached hydrogen (secondary N) is 1. The highest BCUT2D eigenvalue weighted by Crippen LogP contribution is 2.02. The summed E-state index contributed by atoms with van der Waals surface area (Å²) in [4.78, 5) is 22.4. The number of hydrogen-bond acceptors (Lipinski definition) is 3. The van der Waals surface area contributed by atoms with Crippen molar-refractivity contribution >= 4 is 12.0 Å². The zero-order valence-corrected chi connectivity index (χ0v) is 6.49. The molecule has 0 saturated carbocycles. The third kappa shape index (κ3) is 1.65. The molecule has 0 bridgehead atoms. The molecule has 1 aliphatic rings. The topological polar surface area (TPSA) is 95.7 Å². The minimum Gasteiger partial charge on any atom is -0.465 e. The van der Waals surface area contributed by atoms with E-state index in [0.717, 1.165) is 4.90 Å². The first-order chi connectivity index (χ1) is 5.63. The van der Waals surface area contributed by atoms with Crippen LogP contribution in [-0.4, -0.2) is 47.7 Å². The Kier molecular flexibility index (Phi) is 2.49. The quantitative estimate of drug-likeness (QED) is 0.446. The van der Waals surface area contributed by atoms with Crippen LogP contribution >= 0.6 is 0 Å². The summed E-state index contributed by atoms with van der Waals surface area (Å²) in [5.41, 5.74) is 5.01. The summed E-state index contributed by atoms with van der Waals surface area (Å²) in [6.07, 6.45) is -1.10. The van der Waals surface area contributed by atoms with Gasteiger partial charge in [-0.15, -0.1) is 0 Å². The molecule has 0 radical (unpaired) electrons. The van der Waals surface area contributed by atoms with Crippen LogP contribution in [0.1, 0.15) is 0 Å². The number of carbonyl (C=O) groups is 2. The van der Waals surface area contributed by atoms with Crippen molar-refractivity contribution in [3.63, 3.8) is 0 Å². The highest BCUT2D eigenvalue weighted by molar-refractivity contribution is 5.84. The Morgan fingerprint density at radius 2 is 2.25 bits per heavy atom. The Balaban J connectivity index is 2.67. The lowest BCUT2D eigenvalue weighted by Gasteiger charge is -2.31. The normalized spacial score (nSPS) is 23.7. The molecule has 1 rings (SSSR count). The van der Waals surface area contributed by atoms with Gasteiger partial charge in [0, 0.05) is 19.6 Å². The number of carboxylic acid groups (broad SMARTS) is 1. The lowest BCUT2D eigenvalue weighted by molar-refractivity contribution is -0.123. The summed E-state index contributed by atoms with van der Waals surface area (Å²) < 4.78 is 0. The molecule has 1 unspecified atom stereocenters. The van der Waals surface area contributed by atoms with Gasteiger partial charge in [0.15, 0.2) is 0 Å². The fourth-order valence-electron chi connectivity index (χ4n) is 1.19. The zero-order valence-electron chi connectivity index (χ0n) is 6.49. The minimum absolute atomic E-state index is 0.307. The molecule has 4 N–H and O–H groups in total. The average Bonchev–Trinajstić information content (AvgIpc) is 2.04. The molecule has 1 atom stereocenters. The summed E-state index contributed by atoms with van der Waals surface area (Å²) in [5, 5.41) is 11.5. The van der Waals surface area contributed by atoms with E-state index in [0.29, 0.717) is 19.6 Å². The number of nitrogens with two attached hydrogens (primary N) is 1. The molecule has 0 aliphatic carbocycles. The van der Waals surface area contributed by atoms with Gasteiger partial charge in [-0.3, -0.25) is 9.69 Å². The average molecular weight is 173 g/mol. The van der Waals surface area contributed by atoms with E-state index in [1.807, 2.05) is 0 Å². The van der Waals surface area contributed by atoms with E-state index in [-0.39, 0.29) is 0 Å². The molecule has 0 spiro atoms. The number of carbonyl (C=O) groups excluding carboxylic acids is 1. The standard InChI is InChI=1S/C6H11N3O3/c7-5(10)4-3-8-1-2-9(4)6(11)12/h4,8H,1-3H2,(H2,7,10)(H,11,12). The molecule has 68 valence electrons. The number of primary amides is 1. The molecule has 0 aromatic heterocycles. The molecule has 12 heavy (non-hydrogen) atoms. The molecule has 1 saturated heterocycles. The van der Waals surface area contributed by atoms with Gasteiger partial charge < -0.3 is 16.2 Å². The van der Waals surface area contributed by atoms with Gasteiger partial charge in [0.1, 0.15) is 6.04 Å². The molecule has 6 nitrogen and oxygen atoms in total. The molecule has 0 aromatic rings. The first-order valence-electron chi connectivity index (χ1n) is 3.62. The van der Waals surface area contributed by atoms with Crippen LogP contribution in [0.25, 0.3) is 0 Å². The number of hydrogen-bond donors (Lipinski definition) is 3. The van der Waals surface area contributed by atoms with E-state index in [1.54, 1.807) is 0 Å². The van der Waals surface area contributed by atoms with Crippen LogP contribution in [0.5, 0.6) is 0 Å². The van der Waals surface area contributed by atoms with Crippen molar-refractivity contribution in [1.29, 1.82) is 0 Å². The van der Waals surface area contributed by atoms with E-state index in [2.05, 4.69) is 5.32 Å². The second-order valence-corrected chi connectivity index (χ2v) is 2.60. The fraction of sp³-hybridized carbons (Fsp3) is 0.667. The van der Waals surface area contributed by atoms with Gasteiger partial charge in [0.25, 0.3) is 0 Å². The largest absolute Gasteiger partial charge is 0.465 e. The Labute approximate surface area is 69.3 Å². The Morgan fingerprint density at radius 1 is 1.58 bits per heavy atom. The van der Waals surface area contributed by atoms with Crippen molar-refractivity contribution in [2.45, 2.75) is 6.04 Å². The highest BCUT2D eigenvalue weighted by atomic mass is 16.4. The SMILES string of the molecule is NC(=O)C1CNCCN1C(=O)O. The zero-order chi connectivity index (χ0) is 9.14. The van der Waals surface area contributed by atoms with Crippen LogP contribution in [0.3, 0.4) is 0 Å². The van der Waals surface area contributed by atoms with Crippen molar-refractivity contribution in [2.24, 2.45) is 5.73 Å². The van der Waals surface area contributed by atoms with Gasteiger partial charge in [-0.2, -0.15) is 0 Å². The van der Waals surface area contributed by atoms with Crippen molar-refractivity contribution in [2.75, 3.05) is 19.6 Å². The van der Waals surface area contributed by atoms with E-state index in [1.165, 1.54) is 0 Å². The van der Waals surface area contributed by atoms with Crippen LogP contribution in [0, 0.1) is 0 Å². The number of nitrogens with zero attached hydrogens (tertiary/aromatic N) is 1. The second-order valence-electron chi connectivity index (χ2n) is 2.60. The maximum Gasteiger partial charge on any atom is 0.408 e. The van der Waals surface area contributed by atoms with Gasteiger partial charge >= 0.3 is 6.09 Å². The predicted molar refractivity (Wildman–Crippen MR) is 40.6 cm³/mol. The van der Waals surface area contributed by atoms with Crippen molar-refractivity contribution in [3.05, 3.63) is 0 Å². The van der Waals surface area contributed by atoms with Gasteiger partial charge in [-0.25, -0.2) is 4.79 Å². The van der Waals surface area contributed by atoms with E-state index in [4.69, 9.17) is 10.8 Å². The number of piperazine rings is 1. The van der Waals surface area contributed by atoms with Crippen molar-refractivity contribution in [3.8, 4) is 0 Å². The Morgan fingerprint density at radius 3 is 2.67 bits per heavy atom. The maximum absolute atomic E-state index is 10.7.